The molecular formula is C6H6Cl3IO2. The maximum Gasteiger partial charge on any atom is 0.218 e. The molecule has 0 aliphatic carbocycles. The van der Waals surface area contributed by atoms with Crippen molar-refractivity contribution in [1.29, 1.82) is 0 Å². The Morgan fingerprint density at radius 2 is 2.08 bits per heavy atom. The van der Waals surface area contributed by atoms with Crippen molar-refractivity contribution in [3.8, 4) is 9.85 Å². The summed E-state index contributed by atoms with van der Waals surface area (Å²) in [4.78, 5) is 0. The van der Waals surface area contributed by atoms with Crippen LogP contribution in [0.25, 0.3) is 0 Å². The quantitative estimate of drug-likeness (QED) is 0.368. The predicted molar refractivity (Wildman–Crippen MR) is 58.9 cm³/mol. The van der Waals surface area contributed by atoms with Crippen molar-refractivity contribution < 1.29 is 9.84 Å². The minimum Gasteiger partial charge on any atom is -0.386 e. The standard InChI is InChI=1S/C6H6Cl3IO2/c7-6(8,9)5(11)4-12-3-1-2-10/h5,11H,3-4H2. The van der Waals surface area contributed by atoms with Crippen LogP contribution in [0.4, 0.5) is 0 Å². The lowest BCUT2D eigenvalue weighted by molar-refractivity contribution is 0.0537. The van der Waals surface area contributed by atoms with E-state index >= 15 is 0 Å². The zero-order valence-electron chi connectivity index (χ0n) is 5.86. The highest BCUT2D eigenvalue weighted by Gasteiger charge is 2.30. The van der Waals surface area contributed by atoms with Crippen LogP contribution in [-0.2, 0) is 4.74 Å². The van der Waals surface area contributed by atoms with Crippen molar-refractivity contribution in [2.45, 2.75) is 9.90 Å². The Balaban J connectivity index is 3.55. The van der Waals surface area contributed by atoms with Gasteiger partial charge in [0.25, 0.3) is 0 Å². The van der Waals surface area contributed by atoms with Gasteiger partial charge in [-0.1, -0.05) is 40.7 Å². The van der Waals surface area contributed by atoms with Crippen molar-refractivity contribution in [2.75, 3.05) is 13.2 Å². The monoisotopic (exact) mass is 342 g/mol. The third-order valence-electron chi connectivity index (χ3n) is 0.895. The van der Waals surface area contributed by atoms with Crippen LogP contribution in [0, 0.1) is 9.85 Å². The first-order chi connectivity index (χ1) is 5.48. The Labute approximate surface area is 99.6 Å². The highest BCUT2D eigenvalue weighted by Crippen LogP contribution is 2.30. The fraction of sp³-hybridized carbons (Fsp3) is 0.667. The average molecular weight is 343 g/mol. The van der Waals surface area contributed by atoms with Crippen LogP contribution in [0.1, 0.15) is 0 Å². The molecule has 0 fully saturated rings. The lowest BCUT2D eigenvalue weighted by Crippen LogP contribution is -2.30. The molecule has 12 heavy (non-hydrogen) atoms. The molecule has 1 atom stereocenters. The van der Waals surface area contributed by atoms with Crippen molar-refractivity contribution in [3.63, 3.8) is 0 Å². The minimum atomic E-state index is -1.70. The van der Waals surface area contributed by atoms with Crippen LogP contribution < -0.4 is 0 Å². The molecule has 0 spiro atoms. The van der Waals surface area contributed by atoms with Crippen molar-refractivity contribution in [3.05, 3.63) is 0 Å². The van der Waals surface area contributed by atoms with Crippen LogP contribution >= 0.6 is 57.4 Å². The summed E-state index contributed by atoms with van der Waals surface area (Å²) in [7, 11) is 0. The number of hydrogen-bond donors (Lipinski definition) is 1. The molecule has 0 rings (SSSR count). The van der Waals surface area contributed by atoms with Crippen molar-refractivity contribution in [2.24, 2.45) is 0 Å². The number of aliphatic hydroxyl groups is 1. The summed E-state index contributed by atoms with van der Waals surface area (Å²) < 4.78 is 5.78. The van der Waals surface area contributed by atoms with Gasteiger partial charge in [0.2, 0.25) is 3.79 Å². The number of alkyl halides is 3. The van der Waals surface area contributed by atoms with Crippen LogP contribution in [0.3, 0.4) is 0 Å². The van der Waals surface area contributed by atoms with Gasteiger partial charge in [-0.05, 0) is 3.93 Å². The molecule has 0 aliphatic heterocycles. The highest BCUT2D eigenvalue weighted by molar-refractivity contribution is 14.1. The molecule has 0 radical (unpaired) electrons. The van der Waals surface area contributed by atoms with Gasteiger partial charge < -0.3 is 9.84 Å². The fourth-order valence-electron chi connectivity index (χ4n) is 0.343. The largest absolute Gasteiger partial charge is 0.386 e. The summed E-state index contributed by atoms with van der Waals surface area (Å²) in [6.07, 6.45) is -1.13. The molecular weight excluding hydrogens is 337 g/mol. The molecule has 1 N–H and O–H groups in total. The molecule has 70 valence electrons. The van der Waals surface area contributed by atoms with Gasteiger partial charge in [0.05, 0.1) is 6.61 Å². The maximum absolute atomic E-state index is 9.11. The van der Waals surface area contributed by atoms with E-state index in [4.69, 9.17) is 44.6 Å². The summed E-state index contributed by atoms with van der Waals surface area (Å²) in [5.41, 5.74) is 0. The topological polar surface area (TPSA) is 29.5 Å². The zero-order valence-corrected chi connectivity index (χ0v) is 10.3. The molecule has 0 aromatic carbocycles. The Morgan fingerprint density at radius 1 is 1.50 bits per heavy atom. The van der Waals surface area contributed by atoms with Crippen molar-refractivity contribution in [1.82, 2.24) is 0 Å². The van der Waals surface area contributed by atoms with E-state index < -0.39 is 9.90 Å². The minimum absolute atomic E-state index is 0.0399. The Morgan fingerprint density at radius 3 is 2.50 bits per heavy atom. The highest BCUT2D eigenvalue weighted by atomic mass is 127. The van der Waals surface area contributed by atoms with Gasteiger partial charge >= 0.3 is 0 Å². The third kappa shape index (κ3) is 6.58. The third-order valence-corrected chi connectivity index (χ3v) is 2.03. The maximum atomic E-state index is 9.11. The first-order valence-electron chi connectivity index (χ1n) is 2.89. The van der Waals surface area contributed by atoms with Gasteiger partial charge in [0, 0.05) is 22.6 Å². The normalized spacial score (nSPS) is 13.4. The summed E-state index contributed by atoms with van der Waals surface area (Å²) in [6, 6.07) is 0. The molecule has 0 saturated carbocycles. The smallest absolute Gasteiger partial charge is 0.218 e. The van der Waals surface area contributed by atoms with E-state index in [1.807, 2.05) is 22.6 Å². The van der Waals surface area contributed by atoms with E-state index in [0.29, 0.717) is 0 Å². The lowest BCUT2D eigenvalue weighted by atomic mass is 10.4. The molecule has 0 heterocycles. The first-order valence-corrected chi connectivity index (χ1v) is 5.10. The number of hydrogen-bond acceptors (Lipinski definition) is 2. The number of halogens is 4. The van der Waals surface area contributed by atoms with Crippen LogP contribution in [0.15, 0.2) is 0 Å². The molecule has 0 aromatic rings. The average Bonchev–Trinajstić information content (AvgIpc) is 1.96. The zero-order chi connectivity index (χ0) is 9.61. The van der Waals surface area contributed by atoms with E-state index in [-0.39, 0.29) is 13.2 Å². The summed E-state index contributed by atoms with van der Waals surface area (Å²) in [6.45, 7) is 0.183. The molecule has 0 aromatic heterocycles. The molecule has 0 saturated heterocycles. The van der Waals surface area contributed by atoms with Gasteiger partial charge in [0.1, 0.15) is 12.7 Å². The van der Waals surface area contributed by atoms with Gasteiger partial charge in [-0.25, -0.2) is 0 Å². The second kappa shape index (κ2) is 6.52. The molecule has 6 heteroatoms. The van der Waals surface area contributed by atoms with Crippen LogP contribution in [0.5, 0.6) is 0 Å². The molecule has 0 bridgehead atoms. The molecule has 2 nitrogen and oxygen atoms in total. The summed E-state index contributed by atoms with van der Waals surface area (Å²) >= 11 is 18.0. The number of ether oxygens (including phenoxy) is 1. The SMILES string of the molecule is OC(COCC#CI)C(Cl)(Cl)Cl. The van der Waals surface area contributed by atoms with Gasteiger partial charge in [-0.15, -0.1) is 0 Å². The Bertz CT molecular complexity index is 181. The van der Waals surface area contributed by atoms with Gasteiger partial charge in [-0.2, -0.15) is 0 Å². The second-order valence-corrected chi connectivity index (χ2v) is 4.75. The van der Waals surface area contributed by atoms with Gasteiger partial charge in [-0.3, -0.25) is 0 Å². The fourth-order valence-corrected chi connectivity index (χ4v) is 0.688. The summed E-state index contributed by atoms with van der Waals surface area (Å²) in [5.74, 6) is 2.63. The van der Waals surface area contributed by atoms with E-state index in [9.17, 15) is 0 Å². The van der Waals surface area contributed by atoms with E-state index in [1.165, 1.54) is 0 Å². The first kappa shape index (κ1) is 13.1. The Kier molecular flexibility index (Phi) is 7.11. The molecule has 1 unspecified atom stereocenters. The van der Waals surface area contributed by atoms with E-state index in [2.05, 4.69) is 9.85 Å². The van der Waals surface area contributed by atoms with E-state index in [1.54, 1.807) is 0 Å². The number of rotatable bonds is 3. The lowest BCUT2D eigenvalue weighted by Gasteiger charge is -2.17. The van der Waals surface area contributed by atoms with Crippen molar-refractivity contribution >= 4 is 57.4 Å². The van der Waals surface area contributed by atoms with Crippen LogP contribution in [-0.4, -0.2) is 28.2 Å². The van der Waals surface area contributed by atoms with E-state index in [0.717, 1.165) is 0 Å². The number of aliphatic hydroxyl groups excluding tert-OH is 1. The summed E-state index contributed by atoms with van der Waals surface area (Å²) in [5, 5.41) is 9.11. The predicted octanol–water partition coefficient (Wildman–Crippen LogP) is 2.13. The second-order valence-electron chi connectivity index (χ2n) is 1.84. The Hall–Kier alpha value is 1.08. The van der Waals surface area contributed by atoms with Gasteiger partial charge in [0.15, 0.2) is 0 Å². The van der Waals surface area contributed by atoms with Crippen LogP contribution in [0.2, 0.25) is 0 Å². The molecule has 0 aliphatic rings. The molecule has 0 amide bonds.